The number of thioether (sulfide) groups is 1. The highest BCUT2D eigenvalue weighted by molar-refractivity contribution is 7.98. The number of ether oxygens (including phenoxy) is 1. The van der Waals surface area contributed by atoms with Crippen LogP contribution in [0, 0.1) is 0 Å². The summed E-state index contributed by atoms with van der Waals surface area (Å²) >= 11 is 7.64. The molecule has 3 rings (SSSR count). The third-order valence-electron chi connectivity index (χ3n) is 4.52. The Labute approximate surface area is 197 Å². The van der Waals surface area contributed by atoms with Crippen molar-refractivity contribution in [3.63, 3.8) is 0 Å². The van der Waals surface area contributed by atoms with Crippen molar-refractivity contribution in [3.8, 4) is 5.75 Å². The van der Waals surface area contributed by atoms with Crippen LogP contribution in [0.1, 0.15) is 6.92 Å². The molecule has 0 saturated heterocycles. The van der Waals surface area contributed by atoms with Gasteiger partial charge in [-0.2, -0.15) is 0 Å². The summed E-state index contributed by atoms with van der Waals surface area (Å²) in [5.74, 6) is -0.168. The van der Waals surface area contributed by atoms with Crippen molar-refractivity contribution in [2.24, 2.45) is 0 Å². The second-order valence-electron chi connectivity index (χ2n) is 6.62. The van der Waals surface area contributed by atoms with Crippen LogP contribution in [0.15, 0.2) is 82.6 Å². The first kappa shape index (κ1) is 24.0. The van der Waals surface area contributed by atoms with E-state index in [2.05, 4.69) is 5.32 Å². The predicted molar refractivity (Wildman–Crippen MR) is 130 cm³/mol. The molecule has 0 spiro atoms. The van der Waals surface area contributed by atoms with Gasteiger partial charge in [0.1, 0.15) is 12.3 Å². The molecule has 3 aromatic rings. The number of sulfonamides is 1. The minimum atomic E-state index is -4.07. The van der Waals surface area contributed by atoms with Crippen molar-refractivity contribution in [2.75, 3.05) is 29.0 Å². The van der Waals surface area contributed by atoms with Gasteiger partial charge in [0.2, 0.25) is 5.91 Å². The lowest BCUT2D eigenvalue weighted by atomic mass is 10.3. The SMILES string of the molecule is CCOc1ccccc1N(CC(=O)Nc1ccccc1Cl)S(=O)(=O)c1ccc(SC)cc1. The van der Waals surface area contributed by atoms with Crippen LogP contribution in [0.3, 0.4) is 0 Å². The zero-order valence-corrected chi connectivity index (χ0v) is 20.0. The molecule has 0 atom stereocenters. The van der Waals surface area contributed by atoms with Crippen LogP contribution in [0.2, 0.25) is 5.02 Å². The number of carbonyl (C=O) groups is 1. The number of benzene rings is 3. The molecule has 9 heteroatoms. The van der Waals surface area contributed by atoms with Crippen molar-refractivity contribution in [2.45, 2.75) is 16.7 Å². The molecular weight excluding hydrogens is 468 g/mol. The molecule has 0 aliphatic heterocycles. The number of amides is 1. The normalized spacial score (nSPS) is 11.1. The summed E-state index contributed by atoms with van der Waals surface area (Å²) in [6, 6.07) is 20.0. The third kappa shape index (κ3) is 5.56. The highest BCUT2D eigenvalue weighted by Crippen LogP contribution is 2.33. The lowest BCUT2D eigenvalue weighted by molar-refractivity contribution is -0.114. The predicted octanol–water partition coefficient (Wildman–Crippen LogP) is 5.29. The molecule has 0 aliphatic carbocycles. The van der Waals surface area contributed by atoms with Gasteiger partial charge in [0.15, 0.2) is 0 Å². The summed E-state index contributed by atoms with van der Waals surface area (Å²) in [6.45, 7) is 1.70. The molecule has 0 saturated carbocycles. The number of halogens is 1. The Hall–Kier alpha value is -2.68. The maximum atomic E-state index is 13.6. The van der Waals surface area contributed by atoms with E-state index < -0.39 is 22.5 Å². The molecule has 168 valence electrons. The van der Waals surface area contributed by atoms with Gasteiger partial charge >= 0.3 is 0 Å². The smallest absolute Gasteiger partial charge is 0.264 e. The van der Waals surface area contributed by atoms with Crippen LogP contribution < -0.4 is 14.4 Å². The fourth-order valence-electron chi connectivity index (χ4n) is 3.00. The van der Waals surface area contributed by atoms with Gasteiger partial charge in [-0.1, -0.05) is 35.9 Å². The maximum absolute atomic E-state index is 13.6. The Morgan fingerprint density at radius 3 is 2.34 bits per heavy atom. The Morgan fingerprint density at radius 1 is 1.03 bits per heavy atom. The second kappa shape index (κ2) is 10.8. The number of para-hydroxylation sites is 3. The molecule has 3 aromatic carbocycles. The maximum Gasteiger partial charge on any atom is 0.264 e. The molecule has 0 aliphatic rings. The Kier molecular flexibility index (Phi) is 8.06. The van der Waals surface area contributed by atoms with E-state index in [0.29, 0.717) is 23.1 Å². The molecule has 6 nitrogen and oxygen atoms in total. The number of anilines is 2. The standard InChI is InChI=1S/C23H23ClN2O4S2/c1-3-30-22-11-7-6-10-21(22)26(16-23(27)25-20-9-5-4-8-19(20)24)32(28,29)18-14-12-17(31-2)13-15-18/h4-15H,3,16H2,1-2H3,(H,25,27). The van der Waals surface area contributed by atoms with E-state index in [1.165, 1.54) is 23.9 Å². The van der Waals surface area contributed by atoms with E-state index >= 15 is 0 Å². The van der Waals surface area contributed by atoms with Crippen molar-refractivity contribution in [1.82, 2.24) is 0 Å². The Balaban J connectivity index is 2.01. The minimum absolute atomic E-state index is 0.0761. The number of hydrogen-bond acceptors (Lipinski definition) is 5. The molecule has 0 fully saturated rings. The summed E-state index contributed by atoms with van der Waals surface area (Å²) in [4.78, 5) is 13.9. The van der Waals surface area contributed by atoms with E-state index in [4.69, 9.17) is 16.3 Å². The van der Waals surface area contributed by atoms with Gasteiger partial charge in [-0.25, -0.2) is 8.42 Å². The average Bonchev–Trinajstić information content (AvgIpc) is 2.80. The van der Waals surface area contributed by atoms with Crippen LogP contribution in [-0.2, 0) is 14.8 Å². The molecular formula is C23H23ClN2O4S2. The Morgan fingerprint density at radius 2 is 1.69 bits per heavy atom. The molecule has 1 N–H and O–H groups in total. The van der Waals surface area contributed by atoms with E-state index in [1.807, 2.05) is 6.26 Å². The van der Waals surface area contributed by atoms with Gasteiger partial charge in [-0.05, 0) is 61.7 Å². The number of carbonyl (C=O) groups excluding carboxylic acids is 1. The first-order valence-corrected chi connectivity index (χ1v) is 12.8. The fourth-order valence-corrected chi connectivity index (χ4v) is 5.02. The molecule has 0 bridgehead atoms. The van der Waals surface area contributed by atoms with E-state index in [0.717, 1.165) is 9.20 Å². The first-order chi connectivity index (χ1) is 15.4. The van der Waals surface area contributed by atoms with Crippen LogP contribution in [0.25, 0.3) is 0 Å². The van der Waals surface area contributed by atoms with E-state index in [-0.39, 0.29) is 10.6 Å². The lowest BCUT2D eigenvalue weighted by Gasteiger charge is -2.26. The van der Waals surface area contributed by atoms with Crippen LogP contribution in [0.4, 0.5) is 11.4 Å². The van der Waals surface area contributed by atoms with Gasteiger partial charge < -0.3 is 10.1 Å². The van der Waals surface area contributed by atoms with Gasteiger partial charge in [-0.15, -0.1) is 11.8 Å². The monoisotopic (exact) mass is 490 g/mol. The first-order valence-electron chi connectivity index (χ1n) is 9.79. The van der Waals surface area contributed by atoms with Crippen LogP contribution in [0.5, 0.6) is 5.75 Å². The quantitative estimate of drug-likeness (QED) is 0.412. The van der Waals surface area contributed by atoms with Gasteiger partial charge in [0, 0.05) is 4.90 Å². The molecule has 0 unspecified atom stereocenters. The topological polar surface area (TPSA) is 75.7 Å². The number of rotatable bonds is 9. The lowest BCUT2D eigenvalue weighted by Crippen LogP contribution is -2.38. The summed E-state index contributed by atoms with van der Waals surface area (Å²) in [7, 11) is -4.07. The summed E-state index contributed by atoms with van der Waals surface area (Å²) in [5, 5.41) is 3.04. The molecule has 0 aromatic heterocycles. The number of nitrogens with zero attached hydrogens (tertiary/aromatic N) is 1. The molecule has 1 amide bonds. The zero-order chi connectivity index (χ0) is 23.1. The highest BCUT2D eigenvalue weighted by atomic mass is 35.5. The average molecular weight is 491 g/mol. The zero-order valence-electron chi connectivity index (χ0n) is 17.6. The van der Waals surface area contributed by atoms with Gasteiger partial charge in [-0.3, -0.25) is 9.10 Å². The van der Waals surface area contributed by atoms with Crippen LogP contribution in [-0.4, -0.2) is 33.7 Å². The highest BCUT2D eigenvalue weighted by Gasteiger charge is 2.29. The van der Waals surface area contributed by atoms with Crippen molar-refractivity contribution in [3.05, 3.63) is 77.8 Å². The third-order valence-corrected chi connectivity index (χ3v) is 7.36. The summed E-state index contributed by atoms with van der Waals surface area (Å²) in [5.41, 5.74) is 0.677. The van der Waals surface area contributed by atoms with Gasteiger partial charge in [0.05, 0.1) is 27.9 Å². The minimum Gasteiger partial charge on any atom is -0.492 e. The molecule has 32 heavy (non-hydrogen) atoms. The molecule has 0 heterocycles. The second-order valence-corrected chi connectivity index (χ2v) is 9.77. The number of nitrogens with one attached hydrogen (secondary N) is 1. The van der Waals surface area contributed by atoms with Crippen molar-refractivity contribution in [1.29, 1.82) is 0 Å². The van der Waals surface area contributed by atoms with E-state index in [1.54, 1.807) is 67.6 Å². The summed E-state index contributed by atoms with van der Waals surface area (Å²) in [6.07, 6.45) is 1.91. The number of hydrogen-bond donors (Lipinski definition) is 1. The van der Waals surface area contributed by atoms with Gasteiger partial charge in [0.25, 0.3) is 10.0 Å². The largest absolute Gasteiger partial charge is 0.492 e. The molecule has 0 radical (unpaired) electrons. The fraction of sp³-hybridized carbons (Fsp3) is 0.174. The Bertz CT molecular complexity index is 1180. The van der Waals surface area contributed by atoms with Crippen molar-refractivity contribution < 1.29 is 17.9 Å². The van der Waals surface area contributed by atoms with E-state index in [9.17, 15) is 13.2 Å². The van der Waals surface area contributed by atoms with Crippen LogP contribution >= 0.6 is 23.4 Å². The summed E-state index contributed by atoms with van der Waals surface area (Å²) < 4.78 is 33.9. The van der Waals surface area contributed by atoms with Crippen molar-refractivity contribution >= 4 is 50.7 Å².